The van der Waals surface area contributed by atoms with E-state index in [1.54, 1.807) is 24.3 Å². The lowest BCUT2D eigenvalue weighted by Crippen LogP contribution is -2.39. The van der Waals surface area contributed by atoms with Gasteiger partial charge in [-0.1, -0.05) is 12.1 Å². The van der Waals surface area contributed by atoms with Crippen LogP contribution in [-0.2, 0) is 13.1 Å². The highest BCUT2D eigenvalue weighted by Gasteiger charge is 2.07. The monoisotopic (exact) mass is 288 g/mol. The van der Waals surface area contributed by atoms with Crippen molar-refractivity contribution in [2.45, 2.75) is 20.0 Å². The Labute approximate surface area is 120 Å². The number of carbonyl (C=O) groups excluding carboxylic acids is 1. The number of rotatable bonds is 4. The first-order valence-electron chi connectivity index (χ1n) is 6.47. The minimum absolute atomic E-state index is 0.156. The molecule has 2 rings (SSSR count). The molecule has 7 nitrogen and oxygen atoms in total. The maximum atomic E-state index is 12.1. The van der Waals surface area contributed by atoms with Crippen molar-refractivity contribution in [2.75, 3.05) is 0 Å². The molecule has 1 aromatic carbocycles. The summed E-state index contributed by atoms with van der Waals surface area (Å²) in [6.07, 6.45) is 1.48. The molecule has 0 saturated heterocycles. The van der Waals surface area contributed by atoms with E-state index in [1.807, 2.05) is 12.3 Å². The van der Waals surface area contributed by atoms with E-state index >= 15 is 0 Å². The van der Waals surface area contributed by atoms with Crippen LogP contribution in [0.15, 0.2) is 46.1 Å². The van der Waals surface area contributed by atoms with Crippen LogP contribution in [-0.4, -0.2) is 15.0 Å². The van der Waals surface area contributed by atoms with Gasteiger partial charge in [-0.3, -0.25) is 19.6 Å². The zero-order chi connectivity index (χ0) is 15.4. The van der Waals surface area contributed by atoms with E-state index < -0.39 is 5.91 Å². The molecule has 0 unspecified atom stereocenters. The minimum Gasteiger partial charge on any atom is -0.301 e. The summed E-state index contributed by atoms with van der Waals surface area (Å²) >= 11 is 0. The summed E-state index contributed by atoms with van der Waals surface area (Å²) in [4.78, 5) is 35.2. The maximum Gasteiger partial charge on any atom is 0.331 e. The molecule has 0 aliphatic rings. The number of aryl methyl sites for hydroxylation is 1. The number of hydrogen-bond acceptors (Lipinski definition) is 4. The van der Waals surface area contributed by atoms with Crippen LogP contribution in [0, 0.1) is 0 Å². The highest BCUT2D eigenvalue weighted by molar-refractivity contribution is 5.93. The molecule has 0 fully saturated rings. The van der Waals surface area contributed by atoms with Crippen LogP contribution in [0.4, 0.5) is 0 Å². The van der Waals surface area contributed by atoms with Gasteiger partial charge in [-0.15, -0.1) is 0 Å². The number of nitrogens with zero attached hydrogens (tertiary/aromatic N) is 2. The molecule has 0 bridgehead atoms. The molecule has 2 aromatic rings. The van der Waals surface area contributed by atoms with Gasteiger partial charge in [0.1, 0.15) is 0 Å². The van der Waals surface area contributed by atoms with Gasteiger partial charge in [0.25, 0.3) is 11.5 Å². The normalized spacial score (nSPS) is 10.4. The molecule has 0 saturated carbocycles. The number of benzene rings is 1. The second-order valence-electron chi connectivity index (χ2n) is 4.48. The Morgan fingerprint density at radius 3 is 2.43 bits per heavy atom. The lowest BCUT2D eigenvalue weighted by molar-refractivity contribution is 0.0953. The number of carbonyl (C=O) groups is 1. The molecule has 1 heterocycles. The molecule has 0 aliphatic heterocycles. The fourth-order valence-electron chi connectivity index (χ4n) is 1.97. The van der Waals surface area contributed by atoms with E-state index in [2.05, 4.69) is 0 Å². The number of amides is 1. The van der Waals surface area contributed by atoms with E-state index in [0.717, 1.165) is 10.1 Å². The van der Waals surface area contributed by atoms with Gasteiger partial charge in [-0.25, -0.2) is 10.6 Å². The average Bonchev–Trinajstić information content (AvgIpc) is 2.51. The molecule has 0 spiro atoms. The van der Waals surface area contributed by atoms with Crippen molar-refractivity contribution in [3.63, 3.8) is 0 Å². The summed E-state index contributed by atoms with van der Waals surface area (Å²) in [5, 5.41) is 0. The summed E-state index contributed by atoms with van der Waals surface area (Å²) in [5.74, 6) is 4.65. The summed E-state index contributed by atoms with van der Waals surface area (Å²) in [6, 6.07) is 7.90. The molecule has 1 amide bonds. The zero-order valence-corrected chi connectivity index (χ0v) is 11.6. The Morgan fingerprint density at radius 1 is 1.19 bits per heavy atom. The van der Waals surface area contributed by atoms with Gasteiger partial charge in [0, 0.05) is 24.4 Å². The summed E-state index contributed by atoms with van der Waals surface area (Å²) in [6.45, 7) is 2.48. The second-order valence-corrected chi connectivity index (χ2v) is 4.48. The number of nitrogen functional groups attached to an aromatic ring is 1. The van der Waals surface area contributed by atoms with Gasteiger partial charge in [0.15, 0.2) is 0 Å². The Balaban J connectivity index is 2.33. The summed E-state index contributed by atoms with van der Waals surface area (Å²) in [7, 11) is 0. The number of hydrogen-bond donors (Lipinski definition) is 2. The van der Waals surface area contributed by atoms with E-state index in [9.17, 15) is 14.4 Å². The molecular weight excluding hydrogens is 272 g/mol. The van der Waals surface area contributed by atoms with Gasteiger partial charge in [0.2, 0.25) is 0 Å². The number of aromatic nitrogens is 2. The Bertz CT molecular complexity index is 759. The largest absolute Gasteiger partial charge is 0.331 e. The topological polar surface area (TPSA) is 99.1 Å². The third-order valence-corrected chi connectivity index (χ3v) is 3.17. The predicted molar refractivity (Wildman–Crippen MR) is 77.8 cm³/mol. The summed E-state index contributed by atoms with van der Waals surface area (Å²) < 4.78 is 2.61. The number of nitrogens with two attached hydrogens (primary N) is 1. The van der Waals surface area contributed by atoms with Crippen LogP contribution in [0.5, 0.6) is 0 Å². The summed E-state index contributed by atoms with van der Waals surface area (Å²) in [5.41, 5.74) is 2.49. The average molecular weight is 288 g/mol. The predicted octanol–water partition coefficient (Wildman–Crippen LogP) is -0.318. The van der Waals surface area contributed by atoms with Crippen LogP contribution in [0.2, 0.25) is 0 Å². The maximum absolute atomic E-state index is 12.1. The molecule has 0 aliphatic carbocycles. The molecular formula is C14H16N4O3. The first-order chi connectivity index (χ1) is 10.1. The van der Waals surface area contributed by atoms with Crippen LogP contribution < -0.4 is 22.5 Å². The van der Waals surface area contributed by atoms with Crippen molar-refractivity contribution in [1.29, 1.82) is 0 Å². The van der Waals surface area contributed by atoms with E-state index in [4.69, 9.17) is 5.84 Å². The lowest BCUT2D eigenvalue weighted by atomic mass is 10.1. The molecule has 3 N–H and O–H groups in total. The van der Waals surface area contributed by atoms with E-state index in [0.29, 0.717) is 12.1 Å². The van der Waals surface area contributed by atoms with Crippen molar-refractivity contribution in [3.8, 4) is 0 Å². The Hall–Kier alpha value is -2.67. The van der Waals surface area contributed by atoms with E-state index in [1.165, 1.54) is 16.8 Å². The third-order valence-electron chi connectivity index (χ3n) is 3.17. The standard InChI is InChI=1S/C14H16N4O3/c1-2-17-8-7-12(19)18(14(17)21)9-10-3-5-11(6-4-10)13(20)16-15/h3-8H,2,9,15H2,1H3,(H,16,20). The third kappa shape index (κ3) is 3.09. The highest BCUT2D eigenvalue weighted by Crippen LogP contribution is 2.04. The molecule has 110 valence electrons. The fourth-order valence-corrected chi connectivity index (χ4v) is 1.97. The first kappa shape index (κ1) is 14.7. The fraction of sp³-hybridized carbons (Fsp3) is 0.214. The molecule has 0 radical (unpaired) electrons. The Kier molecular flexibility index (Phi) is 4.34. The Morgan fingerprint density at radius 2 is 1.86 bits per heavy atom. The van der Waals surface area contributed by atoms with Crippen molar-refractivity contribution < 1.29 is 4.79 Å². The molecule has 1 aromatic heterocycles. The second kappa shape index (κ2) is 6.19. The number of nitrogens with one attached hydrogen (secondary N) is 1. The van der Waals surface area contributed by atoms with Crippen molar-refractivity contribution in [1.82, 2.24) is 14.6 Å². The molecule has 7 heteroatoms. The van der Waals surface area contributed by atoms with Crippen molar-refractivity contribution in [3.05, 3.63) is 68.5 Å². The van der Waals surface area contributed by atoms with Crippen LogP contribution >= 0.6 is 0 Å². The zero-order valence-electron chi connectivity index (χ0n) is 11.6. The van der Waals surface area contributed by atoms with E-state index in [-0.39, 0.29) is 17.8 Å². The smallest absolute Gasteiger partial charge is 0.301 e. The first-order valence-corrected chi connectivity index (χ1v) is 6.47. The van der Waals surface area contributed by atoms with Gasteiger partial charge in [0.05, 0.1) is 6.54 Å². The SMILES string of the molecule is CCn1ccc(=O)n(Cc2ccc(C(=O)NN)cc2)c1=O. The number of hydrazine groups is 1. The van der Waals surface area contributed by atoms with Gasteiger partial charge in [-0.2, -0.15) is 0 Å². The van der Waals surface area contributed by atoms with Crippen molar-refractivity contribution in [2.24, 2.45) is 5.84 Å². The van der Waals surface area contributed by atoms with Crippen LogP contribution in [0.3, 0.4) is 0 Å². The quantitative estimate of drug-likeness (QED) is 0.457. The molecule has 21 heavy (non-hydrogen) atoms. The van der Waals surface area contributed by atoms with Gasteiger partial charge < -0.3 is 4.57 Å². The van der Waals surface area contributed by atoms with Crippen molar-refractivity contribution >= 4 is 5.91 Å². The molecule has 0 atom stereocenters. The van der Waals surface area contributed by atoms with Crippen LogP contribution in [0.1, 0.15) is 22.8 Å². The van der Waals surface area contributed by atoms with Crippen LogP contribution in [0.25, 0.3) is 0 Å². The highest BCUT2D eigenvalue weighted by atomic mass is 16.2. The van der Waals surface area contributed by atoms with Gasteiger partial charge in [-0.05, 0) is 24.6 Å². The lowest BCUT2D eigenvalue weighted by Gasteiger charge is -2.08. The minimum atomic E-state index is -0.397. The van der Waals surface area contributed by atoms with Gasteiger partial charge >= 0.3 is 5.69 Å².